The van der Waals surface area contributed by atoms with Crippen molar-refractivity contribution in [3.05, 3.63) is 35.8 Å². The van der Waals surface area contributed by atoms with E-state index in [1.54, 1.807) is 0 Å². The minimum atomic E-state index is 0.548. The fourth-order valence-electron chi connectivity index (χ4n) is 3.03. The quantitative estimate of drug-likeness (QED) is 0.916. The highest BCUT2D eigenvalue weighted by Gasteiger charge is 2.22. The number of likely N-dealkylation sites (tertiary alicyclic amines) is 1. The van der Waals surface area contributed by atoms with E-state index >= 15 is 0 Å². The smallest absolute Gasteiger partial charge is 0.141 e. The molecule has 2 aromatic heterocycles. The minimum Gasteiger partial charge on any atom is -0.326 e. The topological polar surface area (TPSA) is 46.6 Å². The number of nitrogens with two attached hydrogens (primary N) is 1. The van der Waals surface area contributed by atoms with Crippen LogP contribution in [0.15, 0.2) is 24.5 Å². The minimum absolute atomic E-state index is 0.548. The first-order valence-corrected chi connectivity index (χ1v) is 7.20. The van der Waals surface area contributed by atoms with Gasteiger partial charge in [0.1, 0.15) is 5.65 Å². The molecule has 1 unspecified atom stereocenters. The molecule has 3 heterocycles. The zero-order valence-corrected chi connectivity index (χ0v) is 11.5. The summed E-state index contributed by atoms with van der Waals surface area (Å²) in [5.74, 6) is 0.569. The van der Waals surface area contributed by atoms with Gasteiger partial charge in [-0.05, 0) is 32.0 Å². The molecule has 0 radical (unpaired) electrons. The maximum absolute atomic E-state index is 5.79. The van der Waals surface area contributed by atoms with E-state index in [0.29, 0.717) is 12.5 Å². The maximum Gasteiger partial charge on any atom is 0.141 e. The Morgan fingerprint density at radius 3 is 3.16 bits per heavy atom. The average molecular weight is 258 g/mol. The second-order valence-electron chi connectivity index (χ2n) is 5.37. The van der Waals surface area contributed by atoms with Gasteiger partial charge in [0.05, 0.1) is 5.69 Å². The average Bonchev–Trinajstić information content (AvgIpc) is 2.91. The Hall–Kier alpha value is -1.39. The second-order valence-corrected chi connectivity index (χ2v) is 5.37. The number of imidazole rings is 1. The van der Waals surface area contributed by atoms with E-state index in [2.05, 4.69) is 34.7 Å². The van der Waals surface area contributed by atoms with Crippen LogP contribution in [0, 0.1) is 0 Å². The van der Waals surface area contributed by atoms with Crippen LogP contribution in [0.25, 0.3) is 5.65 Å². The number of hydrogen-bond donors (Lipinski definition) is 1. The van der Waals surface area contributed by atoms with Gasteiger partial charge in [-0.25, -0.2) is 4.98 Å². The number of nitrogens with zero attached hydrogens (tertiary/aromatic N) is 3. The van der Waals surface area contributed by atoms with E-state index in [-0.39, 0.29) is 0 Å². The van der Waals surface area contributed by atoms with Gasteiger partial charge in [0.2, 0.25) is 0 Å². The molecule has 19 heavy (non-hydrogen) atoms. The zero-order chi connectivity index (χ0) is 13.2. The van der Waals surface area contributed by atoms with Crippen molar-refractivity contribution >= 4 is 5.65 Å². The molecule has 102 valence electrons. The summed E-state index contributed by atoms with van der Waals surface area (Å²) in [6.07, 6.45) is 6.76. The normalized spacial score (nSPS) is 21.1. The summed E-state index contributed by atoms with van der Waals surface area (Å²) in [6, 6.07) is 4.10. The van der Waals surface area contributed by atoms with Crippen molar-refractivity contribution in [3.63, 3.8) is 0 Å². The number of pyridine rings is 1. The van der Waals surface area contributed by atoms with E-state index in [4.69, 9.17) is 10.7 Å². The number of hydrogen-bond acceptors (Lipinski definition) is 3. The molecule has 0 saturated carbocycles. The van der Waals surface area contributed by atoms with E-state index < -0.39 is 0 Å². The lowest BCUT2D eigenvalue weighted by atomic mass is 9.95. The molecular formula is C15H22N4. The maximum atomic E-state index is 5.79. The van der Waals surface area contributed by atoms with Gasteiger partial charge in [0.25, 0.3) is 0 Å². The molecule has 3 rings (SSSR count). The van der Waals surface area contributed by atoms with Crippen molar-refractivity contribution in [1.82, 2.24) is 14.3 Å². The summed E-state index contributed by atoms with van der Waals surface area (Å²) in [5.41, 5.74) is 9.15. The number of aromatic nitrogens is 2. The fraction of sp³-hybridized carbons (Fsp3) is 0.533. The molecule has 1 atom stereocenters. The molecule has 1 saturated heterocycles. The Morgan fingerprint density at radius 2 is 2.37 bits per heavy atom. The standard InChI is InChI=1S/C15H22N4/c1-2-18-7-3-6-13(10-18)14-11-19-8-4-5-12(9-16)15(19)17-14/h4-5,8,11,13H,2-3,6-7,9-10,16H2,1H3. The highest BCUT2D eigenvalue weighted by molar-refractivity contribution is 5.49. The molecule has 4 heteroatoms. The van der Waals surface area contributed by atoms with Crippen LogP contribution in [0.1, 0.15) is 36.9 Å². The first-order valence-electron chi connectivity index (χ1n) is 7.20. The number of likely N-dealkylation sites (N-methyl/N-ethyl adjacent to an activating group) is 1. The Kier molecular flexibility index (Phi) is 3.53. The first-order chi connectivity index (χ1) is 9.31. The predicted molar refractivity (Wildman–Crippen MR) is 77.2 cm³/mol. The van der Waals surface area contributed by atoms with Crippen LogP contribution >= 0.6 is 0 Å². The van der Waals surface area contributed by atoms with Crippen LogP contribution < -0.4 is 5.73 Å². The second kappa shape index (κ2) is 5.31. The van der Waals surface area contributed by atoms with E-state index in [9.17, 15) is 0 Å². The molecule has 0 amide bonds. The summed E-state index contributed by atoms with van der Waals surface area (Å²) >= 11 is 0. The molecule has 1 aliphatic rings. The molecule has 2 aromatic rings. The monoisotopic (exact) mass is 258 g/mol. The van der Waals surface area contributed by atoms with E-state index in [1.165, 1.54) is 25.1 Å². The van der Waals surface area contributed by atoms with Gasteiger partial charge in [-0.2, -0.15) is 0 Å². The van der Waals surface area contributed by atoms with Crippen molar-refractivity contribution in [2.45, 2.75) is 32.2 Å². The fourth-order valence-corrected chi connectivity index (χ4v) is 3.03. The molecule has 0 spiro atoms. The van der Waals surface area contributed by atoms with Gasteiger partial charge in [0.15, 0.2) is 0 Å². The van der Waals surface area contributed by atoms with Crippen LogP contribution in [0.5, 0.6) is 0 Å². The molecule has 0 bridgehead atoms. The summed E-state index contributed by atoms with van der Waals surface area (Å²) in [5, 5.41) is 0. The molecule has 0 aliphatic carbocycles. The highest BCUT2D eigenvalue weighted by atomic mass is 15.1. The van der Waals surface area contributed by atoms with Gasteiger partial charge >= 0.3 is 0 Å². The van der Waals surface area contributed by atoms with Crippen LogP contribution in [0.2, 0.25) is 0 Å². The number of piperidine rings is 1. The summed E-state index contributed by atoms with van der Waals surface area (Å²) in [4.78, 5) is 7.35. The molecule has 0 aromatic carbocycles. The first kappa shape index (κ1) is 12.6. The van der Waals surface area contributed by atoms with Gasteiger partial charge in [-0.1, -0.05) is 13.0 Å². The lowest BCUT2D eigenvalue weighted by molar-refractivity contribution is 0.216. The molecule has 2 N–H and O–H groups in total. The lowest BCUT2D eigenvalue weighted by Crippen LogP contribution is -2.34. The van der Waals surface area contributed by atoms with E-state index in [0.717, 1.165) is 24.3 Å². The van der Waals surface area contributed by atoms with Gasteiger partial charge in [-0.3, -0.25) is 0 Å². The third-order valence-electron chi connectivity index (χ3n) is 4.17. The van der Waals surface area contributed by atoms with Crippen LogP contribution in [0.4, 0.5) is 0 Å². The van der Waals surface area contributed by atoms with Crippen molar-refractivity contribution in [2.24, 2.45) is 5.73 Å². The van der Waals surface area contributed by atoms with Gasteiger partial charge < -0.3 is 15.0 Å². The van der Waals surface area contributed by atoms with Crippen LogP contribution in [0.3, 0.4) is 0 Å². The number of rotatable bonds is 3. The molecule has 1 fully saturated rings. The Morgan fingerprint density at radius 1 is 1.47 bits per heavy atom. The zero-order valence-electron chi connectivity index (χ0n) is 11.5. The molecular weight excluding hydrogens is 236 g/mol. The largest absolute Gasteiger partial charge is 0.326 e. The lowest BCUT2D eigenvalue weighted by Gasteiger charge is -2.30. The third-order valence-corrected chi connectivity index (χ3v) is 4.17. The summed E-state index contributed by atoms with van der Waals surface area (Å²) in [7, 11) is 0. The van der Waals surface area contributed by atoms with Crippen molar-refractivity contribution in [2.75, 3.05) is 19.6 Å². The van der Waals surface area contributed by atoms with Crippen molar-refractivity contribution in [3.8, 4) is 0 Å². The third kappa shape index (κ3) is 2.38. The highest BCUT2D eigenvalue weighted by Crippen LogP contribution is 2.26. The Bertz CT molecular complexity index is 560. The Balaban J connectivity index is 1.92. The van der Waals surface area contributed by atoms with Crippen LogP contribution in [-0.4, -0.2) is 33.9 Å². The molecule has 1 aliphatic heterocycles. The van der Waals surface area contributed by atoms with Gasteiger partial charge in [-0.15, -0.1) is 0 Å². The van der Waals surface area contributed by atoms with Crippen LogP contribution in [-0.2, 0) is 6.54 Å². The van der Waals surface area contributed by atoms with Gasteiger partial charge in [0, 0.05) is 37.0 Å². The Labute approximate surface area is 114 Å². The van der Waals surface area contributed by atoms with Crippen molar-refractivity contribution < 1.29 is 0 Å². The number of fused-ring (bicyclic) bond motifs is 1. The molecule has 4 nitrogen and oxygen atoms in total. The van der Waals surface area contributed by atoms with Crippen molar-refractivity contribution in [1.29, 1.82) is 0 Å². The van der Waals surface area contributed by atoms with E-state index in [1.807, 2.05) is 6.07 Å². The summed E-state index contributed by atoms with van der Waals surface area (Å²) < 4.78 is 2.11. The summed E-state index contributed by atoms with van der Waals surface area (Å²) in [6.45, 7) is 6.29. The predicted octanol–water partition coefficient (Wildman–Crippen LogP) is 1.99. The SMILES string of the molecule is CCN1CCCC(c2cn3cccc(CN)c3n2)C1.